The fourth-order valence-electron chi connectivity index (χ4n) is 3.24. The fraction of sp³-hybridized carbons (Fsp3) is 0.273. The van der Waals surface area contributed by atoms with E-state index in [1.54, 1.807) is 13.0 Å². The first-order valence-electron chi connectivity index (χ1n) is 9.31. The predicted molar refractivity (Wildman–Crippen MR) is 104 cm³/mol. The molecular weight excluding hydrogens is 380 g/mol. The van der Waals surface area contributed by atoms with Crippen LogP contribution in [-0.2, 0) is 16.0 Å². The zero-order valence-electron chi connectivity index (χ0n) is 16.2. The third kappa shape index (κ3) is 4.13. The Labute approximate surface area is 166 Å². The predicted octanol–water partition coefficient (Wildman–Crippen LogP) is 4.51. The number of esters is 1. The molecule has 0 aliphatic heterocycles. The van der Waals surface area contributed by atoms with Crippen molar-refractivity contribution in [2.45, 2.75) is 33.1 Å². The molecule has 0 saturated carbocycles. The molecule has 0 aliphatic carbocycles. The van der Waals surface area contributed by atoms with E-state index in [9.17, 15) is 23.5 Å². The summed E-state index contributed by atoms with van der Waals surface area (Å²) in [5.74, 6) is -3.19. The third-order valence-electron chi connectivity index (χ3n) is 4.77. The molecule has 0 spiro atoms. The van der Waals surface area contributed by atoms with Crippen molar-refractivity contribution < 1.29 is 28.2 Å². The van der Waals surface area contributed by atoms with Crippen molar-refractivity contribution in [3.63, 3.8) is 0 Å². The van der Waals surface area contributed by atoms with E-state index in [-0.39, 0.29) is 17.7 Å². The number of phenols is 1. The van der Waals surface area contributed by atoms with Crippen molar-refractivity contribution in [2.24, 2.45) is 0 Å². The molecule has 0 radical (unpaired) electrons. The van der Waals surface area contributed by atoms with Crippen molar-refractivity contribution in [3.05, 3.63) is 64.9 Å². The van der Waals surface area contributed by atoms with Crippen LogP contribution >= 0.6 is 0 Å². The molecule has 29 heavy (non-hydrogen) atoms. The minimum absolute atomic E-state index is 0.0180. The molecule has 1 heterocycles. The highest BCUT2D eigenvalue weighted by Gasteiger charge is 2.23. The third-order valence-corrected chi connectivity index (χ3v) is 4.77. The van der Waals surface area contributed by atoms with Gasteiger partial charge in [-0.1, -0.05) is 13.3 Å². The van der Waals surface area contributed by atoms with Crippen LogP contribution in [0.1, 0.15) is 41.4 Å². The lowest BCUT2D eigenvalue weighted by atomic mass is 10.1. The second-order valence-corrected chi connectivity index (χ2v) is 6.79. The number of hydrogen-bond donors (Lipinski definition) is 1. The van der Waals surface area contributed by atoms with Gasteiger partial charge in [-0.2, -0.15) is 0 Å². The summed E-state index contributed by atoms with van der Waals surface area (Å²) in [6, 6.07) is 7.35. The lowest BCUT2D eigenvalue weighted by Crippen LogP contribution is -2.15. The zero-order chi connectivity index (χ0) is 21.1. The highest BCUT2D eigenvalue weighted by Crippen LogP contribution is 2.30. The maximum Gasteiger partial charge on any atom is 0.310 e. The van der Waals surface area contributed by atoms with E-state index in [0.717, 1.165) is 25.0 Å². The summed E-state index contributed by atoms with van der Waals surface area (Å²) < 4.78 is 33.4. The van der Waals surface area contributed by atoms with Gasteiger partial charge >= 0.3 is 5.97 Å². The van der Waals surface area contributed by atoms with Crippen LogP contribution < -0.4 is 0 Å². The molecule has 0 aliphatic rings. The Balaban J connectivity index is 2.06. The summed E-state index contributed by atoms with van der Waals surface area (Å²) in [6.07, 6.45) is 1.57. The van der Waals surface area contributed by atoms with Gasteiger partial charge in [0.15, 0.2) is 11.6 Å². The number of phenolic OH excluding ortho intramolecular Hbond substituents is 1. The summed E-state index contributed by atoms with van der Waals surface area (Å²) in [4.78, 5) is 25.3. The number of ether oxygens (including phenoxy) is 1. The van der Waals surface area contributed by atoms with Gasteiger partial charge in [0.05, 0.1) is 18.5 Å². The van der Waals surface area contributed by atoms with Crippen LogP contribution in [-0.4, -0.2) is 28.2 Å². The summed E-state index contributed by atoms with van der Waals surface area (Å²) in [7, 11) is 0. The van der Waals surface area contributed by atoms with Crippen molar-refractivity contribution in [3.8, 4) is 5.75 Å². The van der Waals surface area contributed by atoms with E-state index in [1.165, 1.54) is 22.8 Å². The molecule has 0 amide bonds. The fourth-order valence-corrected chi connectivity index (χ4v) is 3.24. The molecule has 3 rings (SSSR count). The molecule has 7 heteroatoms. The second kappa shape index (κ2) is 8.43. The summed E-state index contributed by atoms with van der Waals surface area (Å²) in [6.45, 7) is 3.95. The molecule has 0 fully saturated rings. The first-order chi connectivity index (χ1) is 13.8. The Bertz CT molecular complexity index is 1090. The van der Waals surface area contributed by atoms with Gasteiger partial charge in [0.2, 0.25) is 0 Å². The van der Waals surface area contributed by atoms with Gasteiger partial charge in [0.1, 0.15) is 5.75 Å². The van der Waals surface area contributed by atoms with Crippen LogP contribution in [0.3, 0.4) is 0 Å². The minimum Gasteiger partial charge on any atom is -0.508 e. The molecular formula is C22H21F2NO4. The van der Waals surface area contributed by atoms with Crippen LogP contribution in [0, 0.1) is 18.6 Å². The molecule has 0 bridgehead atoms. The monoisotopic (exact) mass is 401 g/mol. The number of unbranched alkanes of at least 4 members (excludes halogenated alkanes) is 1. The van der Waals surface area contributed by atoms with E-state index >= 15 is 0 Å². The van der Waals surface area contributed by atoms with E-state index in [4.69, 9.17) is 4.74 Å². The molecule has 152 valence electrons. The number of nitrogens with zero attached hydrogens (tertiary/aromatic N) is 1. The van der Waals surface area contributed by atoms with Gasteiger partial charge in [-0.15, -0.1) is 0 Å². The van der Waals surface area contributed by atoms with E-state index in [0.29, 0.717) is 28.8 Å². The molecule has 1 N–H and O–H groups in total. The number of benzene rings is 2. The van der Waals surface area contributed by atoms with Gasteiger partial charge in [-0.25, -0.2) is 8.78 Å². The highest BCUT2D eigenvalue weighted by atomic mass is 19.2. The Kier molecular flexibility index (Phi) is 5.96. The molecule has 0 unspecified atom stereocenters. The van der Waals surface area contributed by atoms with Crippen molar-refractivity contribution in [2.75, 3.05) is 6.61 Å². The maximum absolute atomic E-state index is 13.6. The van der Waals surface area contributed by atoms with Gasteiger partial charge in [0, 0.05) is 16.6 Å². The summed E-state index contributed by atoms with van der Waals surface area (Å²) >= 11 is 0. The Morgan fingerprint density at radius 2 is 1.86 bits per heavy atom. The number of aromatic hydroxyl groups is 1. The Morgan fingerprint density at radius 1 is 1.10 bits per heavy atom. The van der Waals surface area contributed by atoms with E-state index in [1.807, 2.05) is 6.92 Å². The molecule has 2 aromatic carbocycles. The first kappa shape index (κ1) is 20.5. The molecule has 1 aromatic heterocycles. The van der Waals surface area contributed by atoms with Crippen LogP contribution in [0.25, 0.3) is 10.9 Å². The lowest BCUT2D eigenvalue weighted by Gasteiger charge is -2.08. The SMILES string of the molecule is CCCCOC(=O)Cc1c(C)n(C(=O)c2ccc(F)c(F)c2)c2ccc(O)cc12. The lowest BCUT2D eigenvalue weighted by molar-refractivity contribution is -0.142. The van der Waals surface area contributed by atoms with Gasteiger partial charge in [0.25, 0.3) is 5.91 Å². The van der Waals surface area contributed by atoms with Crippen LogP contribution in [0.2, 0.25) is 0 Å². The zero-order valence-corrected chi connectivity index (χ0v) is 16.2. The maximum atomic E-state index is 13.6. The van der Waals surface area contributed by atoms with E-state index < -0.39 is 23.5 Å². The number of halogens is 2. The van der Waals surface area contributed by atoms with Crippen molar-refractivity contribution in [1.29, 1.82) is 0 Å². The standard InChI is InChI=1S/C22H21F2NO4/c1-3-4-9-29-21(27)12-16-13(2)25(20-8-6-15(26)11-17(16)20)22(28)14-5-7-18(23)19(24)10-14/h5-8,10-11,26H,3-4,9,12H2,1-2H3. The number of hydrogen-bond acceptors (Lipinski definition) is 4. The smallest absolute Gasteiger partial charge is 0.310 e. The Hall–Kier alpha value is -3.22. The molecule has 0 saturated heterocycles. The molecule has 3 aromatic rings. The van der Waals surface area contributed by atoms with E-state index in [2.05, 4.69) is 0 Å². The molecule has 0 atom stereocenters. The van der Waals surface area contributed by atoms with Gasteiger partial charge in [-0.3, -0.25) is 14.2 Å². The minimum atomic E-state index is -1.12. The quantitative estimate of drug-likeness (QED) is 0.488. The number of carbonyl (C=O) groups is 2. The topological polar surface area (TPSA) is 68.5 Å². The highest BCUT2D eigenvalue weighted by molar-refractivity contribution is 6.05. The van der Waals surface area contributed by atoms with Gasteiger partial charge < -0.3 is 9.84 Å². The average molecular weight is 401 g/mol. The first-order valence-corrected chi connectivity index (χ1v) is 9.31. The largest absolute Gasteiger partial charge is 0.508 e. The molecule has 5 nitrogen and oxygen atoms in total. The summed E-state index contributed by atoms with van der Waals surface area (Å²) in [5.41, 5.74) is 1.42. The normalized spacial score (nSPS) is 11.0. The van der Waals surface area contributed by atoms with Crippen molar-refractivity contribution >= 4 is 22.8 Å². The van der Waals surface area contributed by atoms with Crippen LogP contribution in [0.5, 0.6) is 5.75 Å². The van der Waals surface area contributed by atoms with Crippen LogP contribution in [0.15, 0.2) is 36.4 Å². The number of carbonyl (C=O) groups excluding carboxylic acids is 2. The van der Waals surface area contributed by atoms with Gasteiger partial charge in [-0.05, 0) is 55.3 Å². The second-order valence-electron chi connectivity index (χ2n) is 6.79. The average Bonchev–Trinajstić information content (AvgIpc) is 2.95. The number of aromatic nitrogens is 1. The number of fused-ring (bicyclic) bond motifs is 1. The van der Waals surface area contributed by atoms with Crippen LogP contribution in [0.4, 0.5) is 8.78 Å². The Morgan fingerprint density at radius 3 is 2.55 bits per heavy atom. The number of rotatable bonds is 6. The summed E-state index contributed by atoms with van der Waals surface area (Å²) in [5, 5.41) is 10.4. The van der Waals surface area contributed by atoms with Crippen molar-refractivity contribution in [1.82, 2.24) is 4.57 Å².